The van der Waals surface area contributed by atoms with Crippen molar-refractivity contribution >= 4 is 0 Å². The molecule has 5 nitrogen and oxygen atoms in total. The monoisotopic (exact) mass is 253 g/mol. The Morgan fingerprint density at radius 1 is 0.778 bits per heavy atom. The molecule has 0 bridgehead atoms. The number of hydrazine groups is 1. The van der Waals surface area contributed by atoms with Gasteiger partial charge in [-0.3, -0.25) is 15.6 Å². The summed E-state index contributed by atoms with van der Waals surface area (Å²) >= 11 is 0. The van der Waals surface area contributed by atoms with Gasteiger partial charge in [-0.15, -0.1) is 0 Å². The first-order valence-electron chi connectivity index (χ1n) is 7.38. The highest BCUT2D eigenvalue weighted by atomic mass is 15.4. The predicted molar refractivity (Wildman–Crippen MR) is 73.2 cm³/mol. The van der Waals surface area contributed by atoms with Gasteiger partial charge in [-0.1, -0.05) is 0 Å². The molecule has 5 heteroatoms. The lowest BCUT2D eigenvalue weighted by Gasteiger charge is -2.48. The highest BCUT2D eigenvalue weighted by Gasteiger charge is 2.33. The second-order valence-corrected chi connectivity index (χ2v) is 6.21. The van der Waals surface area contributed by atoms with Crippen LogP contribution in [-0.4, -0.2) is 91.2 Å². The normalized spacial score (nSPS) is 31.7. The Labute approximate surface area is 110 Å². The van der Waals surface area contributed by atoms with Gasteiger partial charge in [0.15, 0.2) is 0 Å². The number of likely N-dealkylation sites (tertiary alicyclic amines) is 1. The van der Waals surface area contributed by atoms with Crippen molar-refractivity contribution in [1.29, 1.82) is 0 Å². The van der Waals surface area contributed by atoms with E-state index in [2.05, 4.69) is 21.7 Å². The second kappa shape index (κ2) is 5.43. The van der Waals surface area contributed by atoms with Gasteiger partial charge >= 0.3 is 0 Å². The minimum absolute atomic E-state index is 0.788. The van der Waals surface area contributed by atoms with Crippen molar-refractivity contribution in [3.63, 3.8) is 0 Å². The summed E-state index contributed by atoms with van der Waals surface area (Å²) in [6, 6.07) is 1.62. The van der Waals surface area contributed by atoms with E-state index in [4.69, 9.17) is 5.84 Å². The number of rotatable bonds is 2. The molecule has 3 heterocycles. The van der Waals surface area contributed by atoms with Gasteiger partial charge in [0.25, 0.3) is 0 Å². The molecule has 3 aliphatic rings. The van der Waals surface area contributed by atoms with E-state index in [-0.39, 0.29) is 0 Å². The number of nitrogens with zero attached hydrogens (tertiary/aromatic N) is 4. The zero-order valence-corrected chi connectivity index (χ0v) is 11.6. The lowest BCUT2D eigenvalue weighted by Crippen LogP contribution is -2.63. The van der Waals surface area contributed by atoms with E-state index in [1.165, 1.54) is 52.1 Å². The standard InChI is InChI=1S/C13H27N5/c1-15-10-13(11-15)17-8-6-16(7-9-17)12-2-4-18(14)5-3-12/h12-13H,2-11,14H2,1H3. The highest BCUT2D eigenvalue weighted by molar-refractivity contribution is 4.90. The Kier molecular flexibility index (Phi) is 3.86. The number of piperidine rings is 1. The van der Waals surface area contributed by atoms with Crippen LogP contribution in [0.2, 0.25) is 0 Å². The summed E-state index contributed by atoms with van der Waals surface area (Å²) in [6.07, 6.45) is 2.51. The third-order valence-electron chi connectivity index (χ3n) is 4.93. The van der Waals surface area contributed by atoms with Crippen LogP contribution < -0.4 is 5.84 Å². The molecule has 104 valence electrons. The molecule has 3 rings (SSSR count). The van der Waals surface area contributed by atoms with Crippen LogP contribution in [0, 0.1) is 0 Å². The van der Waals surface area contributed by atoms with E-state index in [0.717, 1.165) is 25.2 Å². The topological polar surface area (TPSA) is 39.0 Å². The molecule has 0 aromatic carbocycles. The molecule has 0 atom stereocenters. The van der Waals surface area contributed by atoms with Crippen LogP contribution in [-0.2, 0) is 0 Å². The van der Waals surface area contributed by atoms with E-state index in [0.29, 0.717) is 0 Å². The number of likely N-dealkylation sites (N-methyl/N-ethyl adjacent to an activating group) is 1. The van der Waals surface area contributed by atoms with Crippen LogP contribution in [0.15, 0.2) is 0 Å². The molecular formula is C13H27N5. The molecule has 18 heavy (non-hydrogen) atoms. The summed E-state index contributed by atoms with van der Waals surface area (Å²) in [5.41, 5.74) is 0. The molecule has 0 amide bonds. The Bertz CT molecular complexity index is 263. The third kappa shape index (κ3) is 2.70. The van der Waals surface area contributed by atoms with Gasteiger partial charge in [0.1, 0.15) is 0 Å². The molecule has 0 radical (unpaired) electrons. The number of piperazine rings is 1. The molecule has 0 aliphatic carbocycles. The van der Waals surface area contributed by atoms with E-state index in [1.54, 1.807) is 0 Å². The summed E-state index contributed by atoms with van der Waals surface area (Å²) in [5.74, 6) is 5.83. The van der Waals surface area contributed by atoms with Crippen molar-refractivity contribution in [2.45, 2.75) is 24.9 Å². The van der Waals surface area contributed by atoms with Crippen molar-refractivity contribution < 1.29 is 0 Å². The quantitative estimate of drug-likeness (QED) is 0.656. The van der Waals surface area contributed by atoms with Crippen molar-refractivity contribution in [1.82, 2.24) is 19.7 Å². The molecule has 0 aromatic heterocycles. The van der Waals surface area contributed by atoms with Crippen LogP contribution in [0.3, 0.4) is 0 Å². The minimum Gasteiger partial charge on any atom is -0.303 e. The largest absolute Gasteiger partial charge is 0.303 e. The fraction of sp³-hybridized carbons (Fsp3) is 1.00. The van der Waals surface area contributed by atoms with E-state index < -0.39 is 0 Å². The average molecular weight is 253 g/mol. The molecule has 0 aromatic rings. The summed E-state index contributed by atoms with van der Waals surface area (Å²) in [5, 5.41) is 1.97. The first-order valence-corrected chi connectivity index (χ1v) is 7.38. The summed E-state index contributed by atoms with van der Waals surface area (Å²) in [6.45, 7) is 9.72. The maximum atomic E-state index is 5.83. The Morgan fingerprint density at radius 2 is 1.28 bits per heavy atom. The molecule has 0 unspecified atom stereocenters. The van der Waals surface area contributed by atoms with Crippen LogP contribution in [0.25, 0.3) is 0 Å². The van der Waals surface area contributed by atoms with Gasteiger partial charge in [-0.05, 0) is 19.9 Å². The molecule has 3 aliphatic heterocycles. The summed E-state index contributed by atoms with van der Waals surface area (Å²) in [7, 11) is 2.22. The maximum absolute atomic E-state index is 5.83. The first kappa shape index (κ1) is 12.8. The fourth-order valence-corrected chi connectivity index (χ4v) is 3.62. The second-order valence-electron chi connectivity index (χ2n) is 6.21. The van der Waals surface area contributed by atoms with Crippen LogP contribution >= 0.6 is 0 Å². The first-order chi connectivity index (χ1) is 8.72. The molecule has 3 fully saturated rings. The van der Waals surface area contributed by atoms with Gasteiger partial charge in [0, 0.05) is 64.4 Å². The fourth-order valence-electron chi connectivity index (χ4n) is 3.62. The lowest BCUT2D eigenvalue weighted by molar-refractivity contribution is -0.00173. The number of hydrogen-bond acceptors (Lipinski definition) is 5. The van der Waals surface area contributed by atoms with E-state index in [9.17, 15) is 0 Å². The van der Waals surface area contributed by atoms with Crippen LogP contribution in [0.1, 0.15) is 12.8 Å². The molecule has 0 spiro atoms. The van der Waals surface area contributed by atoms with Gasteiger partial charge < -0.3 is 4.90 Å². The van der Waals surface area contributed by atoms with Crippen molar-refractivity contribution in [3.05, 3.63) is 0 Å². The Hall–Kier alpha value is -0.200. The van der Waals surface area contributed by atoms with Gasteiger partial charge in [-0.25, -0.2) is 5.01 Å². The molecule has 0 saturated carbocycles. The molecule has 2 N–H and O–H groups in total. The Balaban J connectivity index is 1.42. The minimum atomic E-state index is 0.788. The van der Waals surface area contributed by atoms with Crippen molar-refractivity contribution in [2.24, 2.45) is 5.84 Å². The highest BCUT2D eigenvalue weighted by Crippen LogP contribution is 2.19. The predicted octanol–water partition coefficient (Wildman–Crippen LogP) is -0.744. The van der Waals surface area contributed by atoms with Crippen LogP contribution in [0.4, 0.5) is 0 Å². The molecular weight excluding hydrogens is 226 g/mol. The van der Waals surface area contributed by atoms with Crippen molar-refractivity contribution in [2.75, 3.05) is 59.4 Å². The SMILES string of the molecule is CN1CC(N2CCN(C3CCN(N)CC3)CC2)C1. The average Bonchev–Trinajstić information content (AvgIpc) is 2.36. The number of nitrogens with two attached hydrogens (primary N) is 1. The smallest absolute Gasteiger partial charge is 0.0351 e. The summed E-state index contributed by atoms with van der Waals surface area (Å²) < 4.78 is 0. The zero-order valence-electron chi connectivity index (χ0n) is 11.6. The van der Waals surface area contributed by atoms with E-state index >= 15 is 0 Å². The van der Waals surface area contributed by atoms with Gasteiger partial charge in [0.2, 0.25) is 0 Å². The lowest BCUT2D eigenvalue weighted by atomic mass is 10.0. The van der Waals surface area contributed by atoms with Crippen molar-refractivity contribution in [3.8, 4) is 0 Å². The number of hydrogen-bond donors (Lipinski definition) is 1. The Morgan fingerprint density at radius 3 is 1.78 bits per heavy atom. The van der Waals surface area contributed by atoms with Gasteiger partial charge in [-0.2, -0.15) is 0 Å². The van der Waals surface area contributed by atoms with E-state index in [1.807, 2.05) is 5.01 Å². The van der Waals surface area contributed by atoms with Crippen LogP contribution in [0.5, 0.6) is 0 Å². The van der Waals surface area contributed by atoms with Gasteiger partial charge in [0.05, 0.1) is 0 Å². The third-order valence-corrected chi connectivity index (χ3v) is 4.93. The zero-order chi connectivity index (χ0) is 12.5. The maximum Gasteiger partial charge on any atom is 0.0351 e. The molecule has 3 saturated heterocycles. The summed E-state index contributed by atoms with van der Waals surface area (Å²) in [4.78, 5) is 7.80.